The van der Waals surface area contributed by atoms with Crippen molar-refractivity contribution in [1.82, 2.24) is 0 Å². The van der Waals surface area contributed by atoms with E-state index in [0.29, 0.717) is 12.7 Å². The molecule has 84 valence electrons. The smallest absolute Gasteiger partial charge is 0.282 e. The van der Waals surface area contributed by atoms with E-state index < -0.39 is 19.1 Å². The Balaban J connectivity index is 1.88. The molecule has 1 fully saturated rings. The molecule has 0 aromatic rings. The Morgan fingerprint density at radius 3 is 2.50 bits per heavy atom. The molecule has 1 rings (SSSR count). The molecule has 0 atom stereocenters. The number of ether oxygens (including phenoxy) is 2. The first-order valence-electron chi connectivity index (χ1n) is 4.91. The number of hydrogen-bond donors (Lipinski definition) is 1. The normalized spacial score (nSPS) is 18.2. The summed E-state index contributed by atoms with van der Waals surface area (Å²) in [7, 11) is 0. The van der Waals surface area contributed by atoms with E-state index in [2.05, 4.69) is 0 Å². The predicted octanol–water partition coefficient (Wildman–Crippen LogP) is 1.17. The monoisotopic (exact) mass is 209 g/mol. The molecule has 0 aromatic carbocycles. The molecule has 3 nitrogen and oxygen atoms in total. The van der Waals surface area contributed by atoms with Crippen molar-refractivity contribution in [3.63, 3.8) is 0 Å². The van der Waals surface area contributed by atoms with Gasteiger partial charge in [0, 0.05) is 0 Å². The van der Waals surface area contributed by atoms with Crippen molar-refractivity contribution in [3.8, 4) is 0 Å². The van der Waals surface area contributed by atoms with Crippen LogP contribution in [0.25, 0.3) is 0 Å². The second-order valence-electron chi connectivity index (χ2n) is 3.54. The molecule has 0 saturated heterocycles. The average Bonchev–Trinajstić information content (AvgIpc) is 2.08. The van der Waals surface area contributed by atoms with Crippen LogP contribution >= 0.6 is 0 Å². The minimum absolute atomic E-state index is 0.214. The number of rotatable bonds is 7. The molecule has 0 spiro atoms. The minimum atomic E-state index is -2.91. The van der Waals surface area contributed by atoms with E-state index in [4.69, 9.17) is 15.2 Å². The minimum Gasteiger partial charge on any atom is -0.376 e. The zero-order valence-electron chi connectivity index (χ0n) is 8.18. The zero-order valence-corrected chi connectivity index (χ0v) is 8.18. The second kappa shape index (κ2) is 5.58. The van der Waals surface area contributed by atoms with E-state index in [-0.39, 0.29) is 6.61 Å². The van der Waals surface area contributed by atoms with Crippen molar-refractivity contribution in [2.45, 2.75) is 31.3 Å². The summed E-state index contributed by atoms with van der Waals surface area (Å²) in [6.07, 6.45) is 3.70. The van der Waals surface area contributed by atoms with Gasteiger partial charge in [-0.25, -0.2) is 8.78 Å². The van der Waals surface area contributed by atoms with E-state index in [1.54, 1.807) is 0 Å². The fraction of sp³-hybridized carbons (Fsp3) is 1.00. The highest BCUT2D eigenvalue weighted by atomic mass is 19.3. The van der Waals surface area contributed by atoms with Crippen LogP contribution in [0.3, 0.4) is 0 Å². The topological polar surface area (TPSA) is 44.5 Å². The van der Waals surface area contributed by atoms with Crippen LogP contribution < -0.4 is 5.73 Å². The quantitative estimate of drug-likeness (QED) is 0.640. The summed E-state index contributed by atoms with van der Waals surface area (Å²) in [5.74, 6) is -2.91. The predicted molar refractivity (Wildman–Crippen MR) is 48.4 cm³/mol. The van der Waals surface area contributed by atoms with Crippen LogP contribution in [-0.2, 0) is 9.47 Å². The highest BCUT2D eigenvalue weighted by Gasteiger charge is 2.26. The van der Waals surface area contributed by atoms with Crippen LogP contribution in [0.15, 0.2) is 0 Å². The lowest BCUT2D eigenvalue weighted by molar-refractivity contribution is -0.0891. The molecule has 1 saturated carbocycles. The standard InChI is InChI=1S/C9H17F2NO2/c10-9(11,6-12)7-13-4-5-14-8-2-1-3-8/h8H,1-7,12H2. The first-order valence-corrected chi connectivity index (χ1v) is 4.91. The lowest BCUT2D eigenvalue weighted by Gasteiger charge is -2.25. The number of hydrogen-bond acceptors (Lipinski definition) is 3. The molecule has 0 bridgehead atoms. The molecule has 14 heavy (non-hydrogen) atoms. The number of halogens is 2. The second-order valence-corrected chi connectivity index (χ2v) is 3.54. The van der Waals surface area contributed by atoms with Gasteiger partial charge in [-0.15, -0.1) is 0 Å². The van der Waals surface area contributed by atoms with Crippen molar-refractivity contribution in [1.29, 1.82) is 0 Å². The fourth-order valence-corrected chi connectivity index (χ4v) is 1.09. The molecule has 0 radical (unpaired) electrons. The molecule has 1 aliphatic rings. The summed E-state index contributed by atoms with van der Waals surface area (Å²) in [4.78, 5) is 0. The first kappa shape index (κ1) is 11.8. The van der Waals surface area contributed by atoms with Crippen molar-refractivity contribution < 1.29 is 18.3 Å². The largest absolute Gasteiger partial charge is 0.376 e. The van der Waals surface area contributed by atoms with E-state index in [9.17, 15) is 8.78 Å². The molecule has 0 aromatic heterocycles. The molecular formula is C9H17F2NO2. The molecule has 0 heterocycles. The highest BCUT2D eigenvalue weighted by molar-refractivity contribution is 4.69. The van der Waals surface area contributed by atoms with E-state index >= 15 is 0 Å². The fourth-order valence-electron chi connectivity index (χ4n) is 1.09. The number of nitrogens with two attached hydrogens (primary N) is 1. The Labute approximate surface area is 82.6 Å². The Morgan fingerprint density at radius 1 is 1.29 bits per heavy atom. The van der Waals surface area contributed by atoms with Gasteiger partial charge in [0.05, 0.1) is 25.9 Å². The van der Waals surface area contributed by atoms with E-state index in [1.165, 1.54) is 6.42 Å². The van der Waals surface area contributed by atoms with Crippen LogP contribution in [0, 0.1) is 0 Å². The molecule has 0 amide bonds. The highest BCUT2D eigenvalue weighted by Crippen LogP contribution is 2.21. The Hall–Kier alpha value is -0.260. The van der Waals surface area contributed by atoms with Crippen LogP contribution in [0.4, 0.5) is 8.78 Å². The molecule has 0 unspecified atom stereocenters. The zero-order chi connectivity index (χ0) is 10.4. The van der Waals surface area contributed by atoms with Gasteiger partial charge in [0.15, 0.2) is 0 Å². The third-order valence-electron chi connectivity index (χ3n) is 2.25. The van der Waals surface area contributed by atoms with Crippen molar-refractivity contribution in [2.24, 2.45) is 5.73 Å². The molecular weight excluding hydrogens is 192 g/mol. The van der Waals surface area contributed by atoms with Crippen molar-refractivity contribution in [3.05, 3.63) is 0 Å². The van der Waals surface area contributed by atoms with E-state index in [1.807, 2.05) is 0 Å². The maximum atomic E-state index is 12.5. The maximum Gasteiger partial charge on any atom is 0.282 e. The molecule has 1 aliphatic carbocycles. The van der Waals surface area contributed by atoms with Gasteiger partial charge in [0.1, 0.15) is 6.61 Å². The first-order chi connectivity index (χ1) is 6.64. The van der Waals surface area contributed by atoms with Gasteiger partial charge in [-0.3, -0.25) is 0 Å². The average molecular weight is 209 g/mol. The third-order valence-corrected chi connectivity index (χ3v) is 2.25. The Kier molecular flexibility index (Phi) is 4.71. The van der Waals surface area contributed by atoms with Crippen molar-refractivity contribution >= 4 is 0 Å². The summed E-state index contributed by atoms with van der Waals surface area (Å²) in [5, 5.41) is 0. The Bertz CT molecular complexity index is 163. The molecule has 2 N–H and O–H groups in total. The van der Waals surface area contributed by atoms with Gasteiger partial charge in [0.2, 0.25) is 0 Å². The van der Waals surface area contributed by atoms with Crippen LogP contribution in [0.5, 0.6) is 0 Å². The third kappa shape index (κ3) is 4.30. The summed E-state index contributed by atoms with van der Waals surface area (Å²) >= 11 is 0. The maximum absolute atomic E-state index is 12.5. The molecule has 0 aliphatic heterocycles. The van der Waals surface area contributed by atoms with Crippen LogP contribution in [0.1, 0.15) is 19.3 Å². The lowest BCUT2D eigenvalue weighted by atomic mass is 9.96. The summed E-state index contributed by atoms with van der Waals surface area (Å²) in [6.45, 7) is -0.675. The SMILES string of the molecule is NCC(F)(F)COCCOC1CCC1. The van der Waals surface area contributed by atoms with Gasteiger partial charge >= 0.3 is 0 Å². The van der Waals surface area contributed by atoms with E-state index in [0.717, 1.165) is 12.8 Å². The van der Waals surface area contributed by atoms with Gasteiger partial charge < -0.3 is 15.2 Å². The van der Waals surface area contributed by atoms with Gasteiger partial charge in [-0.1, -0.05) is 0 Å². The lowest BCUT2D eigenvalue weighted by Crippen LogP contribution is -2.33. The Morgan fingerprint density at radius 2 is 2.00 bits per heavy atom. The van der Waals surface area contributed by atoms with Crippen molar-refractivity contribution in [2.75, 3.05) is 26.4 Å². The van der Waals surface area contributed by atoms with Gasteiger partial charge in [0.25, 0.3) is 5.92 Å². The number of alkyl halides is 2. The van der Waals surface area contributed by atoms with Gasteiger partial charge in [-0.2, -0.15) is 0 Å². The molecule has 5 heteroatoms. The van der Waals surface area contributed by atoms with Crippen LogP contribution in [-0.4, -0.2) is 38.4 Å². The summed E-state index contributed by atoms with van der Waals surface area (Å²) < 4.78 is 35.1. The summed E-state index contributed by atoms with van der Waals surface area (Å²) in [5.41, 5.74) is 4.84. The van der Waals surface area contributed by atoms with Gasteiger partial charge in [-0.05, 0) is 19.3 Å². The van der Waals surface area contributed by atoms with Crippen LogP contribution in [0.2, 0.25) is 0 Å². The summed E-state index contributed by atoms with van der Waals surface area (Å²) in [6, 6.07) is 0.